The molecule has 0 unspecified atom stereocenters. The Morgan fingerprint density at radius 3 is 2.45 bits per heavy atom. The van der Waals surface area contributed by atoms with E-state index in [9.17, 15) is 9.59 Å². The molecule has 0 amide bonds. The van der Waals surface area contributed by atoms with Gasteiger partial charge in [0.05, 0.1) is 0 Å². The molecule has 3 aromatic rings. The van der Waals surface area contributed by atoms with Crippen LogP contribution in [0.1, 0.15) is 24.2 Å². The number of pyridine rings is 1. The number of aromatic nitrogens is 1. The Kier molecular flexibility index (Phi) is 3.34. The summed E-state index contributed by atoms with van der Waals surface area (Å²) < 4.78 is 5.23. The van der Waals surface area contributed by atoms with Gasteiger partial charge in [-0.1, -0.05) is 12.1 Å². The van der Waals surface area contributed by atoms with Crippen molar-refractivity contribution in [2.24, 2.45) is 0 Å². The number of fused-ring (bicyclic) bond motifs is 2. The summed E-state index contributed by atoms with van der Waals surface area (Å²) in [5.74, 6) is -0.149. The predicted molar refractivity (Wildman–Crippen MR) is 87.5 cm³/mol. The summed E-state index contributed by atoms with van der Waals surface area (Å²) in [5, 5.41) is 1.13. The molecule has 0 aliphatic carbocycles. The first kappa shape index (κ1) is 14.5. The standard InChI is InChI=1S/C18H17NO3/c1-18(2,22-3)17(21)11-8-9-15-13(10-11)16(20)12-6-4-5-7-14(12)19-15/h4-10H,1-3H3,(H,19,20). The van der Waals surface area contributed by atoms with Crippen molar-refractivity contribution in [2.45, 2.75) is 19.4 Å². The highest BCUT2D eigenvalue weighted by atomic mass is 16.5. The van der Waals surface area contributed by atoms with Crippen LogP contribution in [-0.2, 0) is 4.74 Å². The fraction of sp³-hybridized carbons (Fsp3) is 0.222. The summed E-state index contributed by atoms with van der Waals surface area (Å²) in [4.78, 5) is 28.3. The highest BCUT2D eigenvalue weighted by Gasteiger charge is 2.28. The molecule has 1 heterocycles. The first-order valence-electron chi connectivity index (χ1n) is 7.09. The first-order chi connectivity index (χ1) is 10.4. The largest absolute Gasteiger partial charge is 0.371 e. The van der Waals surface area contributed by atoms with Crippen molar-refractivity contribution in [1.29, 1.82) is 0 Å². The van der Waals surface area contributed by atoms with Crippen LogP contribution in [-0.4, -0.2) is 23.5 Å². The summed E-state index contributed by atoms with van der Waals surface area (Å²) in [7, 11) is 1.50. The summed E-state index contributed by atoms with van der Waals surface area (Å²) >= 11 is 0. The Hall–Kier alpha value is -2.46. The number of rotatable bonds is 3. The van der Waals surface area contributed by atoms with Crippen LogP contribution in [0.3, 0.4) is 0 Å². The second-order valence-electron chi connectivity index (χ2n) is 5.80. The Morgan fingerprint density at radius 2 is 1.73 bits per heavy atom. The Morgan fingerprint density at radius 1 is 1.05 bits per heavy atom. The second-order valence-corrected chi connectivity index (χ2v) is 5.80. The number of H-pyrrole nitrogens is 1. The van der Waals surface area contributed by atoms with Gasteiger partial charge in [0.25, 0.3) is 0 Å². The topological polar surface area (TPSA) is 59.2 Å². The molecular weight excluding hydrogens is 278 g/mol. The number of benzene rings is 2. The molecule has 4 heteroatoms. The molecule has 1 aromatic heterocycles. The number of nitrogens with one attached hydrogen (secondary N) is 1. The number of carbonyl (C=O) groups excluding carboxylic acids is 1. The quantitative estimate of drug-likeness (QED) is 0.596. The van der Waals surface area contributed by atoms with E-state index < -0.39 is 5.60 Å². The highest BCUT2D eigenvalue weighted by Crippen LogP contribution is 2.20. The number of Topliss-reactive ketones (excluding diaryl/α,β-unsaturated/α-hetero) is 1. The SMILES string of the molecule is COC(C)(C)C(=O)c1ccc2[nH]c3ccccc3c(=O)c2c1. The van der Waals surface area contributed by atoms with Gasteiger partial charge in [-0.2, -0.15) is 0 Å². The zero-order valence-corrected chi connectivity index (χ0v) is 12.8. The molecule has 1 N–H and O–H groups in total. The number of ketones is 1. The smallest absolute Gasteiger partial charge is 0.197 e. The van der Waals surface area contributed by atoms with Gasteiger partial charge >= 0.3 is 0 Å². The number of aromatic amines is 1. The van der Waals surface area contributed by atoms with Gasteiger partial charge in [0.2, 0.25) is 0 Å². The first-order valence-corrected chi connectivity index (χ1v) is 7.09. The third-order valence-electron chi connectivity index (χ3n) is 4.02. The van der Waals surface area contributed by atoms with Gasteiger partial charge in [-0.25, -0.2) is 0 Å². The molecule has 0 saturated heterocycles. The Labute approximate surface area is 127 Å². The van der Waals surface area contributed by atoms with Crippen LogP contribution < -0.4 is 5.43 Å². The Balaban J connectivity index is 2.26. The highest BCUT2D eigenvalue weighted by molar-refractivity contribution is 6.05. The molecule has 0 fully saturated rings. The lowest BCUT2D eigenvalue weighted by atomic mass is 9.95. The number of hydrogen-bond acceptors (Lipinski definition) is 3. The van der Waals surface area contributed by atoms with E-state index >= 15 is 0 Å². The second kappa shape index (κ2) is 5.07. The molecule has 0 bridgehead atoms. The van der Waals surface area contributed by atoms with Crippen LogP contribution in [0, 0.1) is 0 Å². The van der Waals surface area contributed by atoms with Gasteiger partial charge in [0, 0.05) is 34.5 Å². The van der Waals surface area contributed by atoms with Crippen molar-refractivity contribution >= 4 is 27.6 Å². The summed E-state index contributed by atoms with van der Waals surface area (Å²) in [6, 6.07) is 12.5. The van der Waals surface area contributed by atoms with Crippen molar-refractivity contribution < 1.29 is 9.53 Å². The molecule has 2 aromatic carbocycles. The zero-order chi connectivity index (χ0) is 15.9. The maximum atomic E-state index is 12.6. The van der Waals surface area contributed by atoms with E-state index in [1.807, 2.05) is 18.2 Å². The monoisotopic (exact) mass is 295 g/mol. The molecule has 4 nitrogen and oxygen atoms in total. The van der Waals surface area contributed by atoms with Gasteiger partial charge in [-0.05, 0) is 44.2 Å². The molecule has 22 heavy (non-hydrogen) atoms. The summed E-state index contributed by atoms with van der Waals surface area (Å²) in [5.41, 5.74) is 0.984. The van der Waals surface area contributed by atoms with Gasteiger partial charge in [0.1, 0.15) is 5.60 Å². The molecule has 0 atom stereocenters. The van der Waals surface area contributed by atoms with Crippen molar-refractivity contribution in [1.82, 2.24) is 4.98 Å². The van der Waals surface area contributed by atoms with Crippen LogP contribution in [0.4, 0.5) is 0 Å². The third kappa shape index (κ3) is 2.22. The summed E-state index contributed by atoms with van der Waals surface area (Å²) in [6.07, 6.45) is 0. The molecule has 0 spiro atoms. The number of methoxy groups -OCH3 is 1. The van der Waals surface area contributed by atoms with Crippen molar-refractivity contribution in [3.8, 4) is 0 Å². The maximum absolute atomic E-state index is 12.6. The molecule has 0 aliphatic rings. The number of para-hydroxylation sites is 1. The fourth-order valence-electron chi connectivity index (χ4n) is 2.50. The van der Waals surface area contributed by atoms with Gasteiger partial charge in [-0.3, -0.25) is 9.59 Å². The van der Waals surface area contributed by atoms with Crippen LogP contribution in [0.25, 0.3) is 21.8 Å². The molecule has 0 aliphatic heterocycles. The van der Waals surface area contributed by atoms with Gasteiger partial charge in [0.15, 0.2) is 11.2 Å². The van der Waals surface area contributed by atoms with Crippen molar-refractivity contribution in [3.63, 3.8) is 0 Å². The molecule has 3 rings (SSSR count). The van der Waals surface area contributed by atoms with Crippen LogP contribution in [0.15, 0.2) is 47.3 Å². The minimum atomic E-state index is -0.919. The maximum Gasteiger partial charge on any atom is 0.197 e. The van der Waals surface area contributed by atoms with Crippen LogP contribution in [0.2, 0.25) is 0 Å². The van der Waals surface area contributed by atoms with E-state index in [4.69, 9.17) is 4.74 Å². The molecular formula is C18H17NO3. The third-order valence-corrected chi connectivity index (χ3v) is 4.02. The van der Waals surface area contributed by atoms with Crippen molar-refractivity contribution in [3.05, 3.63) is 58.3 Å². The van der Waals surface area contributed by atoms with Crippen molar-refractivity contribution in [2.75, 3.05) is 7.11 Å². The molecule has 0 saturated carbocycles. The van der Waals surface area contributed by atoms with Gasteiger partial charge < -0.3 is 9.72 Å². The van der Waals surface area contributed by atoms with E-state index in [1.165, 1.54) is 7.11 Å². The van der Waals surface area contributed by atoms with E-state index in [2.05, 4.69) is 4.98 Å². The zero-order valence-electron chi connectivity index (χ0n) is 12.8. The van der Waals surface area contributed by atoms with Crippen LogP contribution in [0.5, 0.6) is 0 Å². The average Bonchev–Trinajstić information content (AvgIpc) is 2.54. The van der Waals surface area contributed by atoms with Crippen LogP contribution >= 0.6 is 0 Å². The predicted octanol–water partition coefficient (Wildman–Crippen LogP) is 3.29. The van der Waals surface area contributed by atoms with E-state index in [1.54, 1.807) is 38.1 Å². The van der Waals surface area contributed by atoms with E-state index in [0.29, 0.717) is 16.3 Å². The molecule has 112 valence electrons. The lowest BCUT2D eigenvalue weighted by Crippen LogP contribution is -2.33. The molecule has 0 radical (unpaired) electrons. The minimum absolute atomic E-state index is 0.0748. The minimum Gasteiger partial charge on any atom is -0.371 e. The normalized spacial score (nSPS) is 12.0. The number of ether oxygens (including phenoxy) is 1. The number of carbonyl (C=O) groups is 1. The lowest BCUT2D eigenvalue weighted by molar-refractivity contribution is 0.0228. The average molecular weight is 295 g/mol. The van der Waals surface area contributed by atoms with E-state index in [-0.39, 0.29) is 11.2 Å². The Bertz CT molecular complexity index is 938. The van der Waals surface area contributed by atoms with Gasteiger partial charge in [-0.15, -0.1) is 0 Å². The fourth-order valence-corrected chi connectivity index (χ4v) is 2.50. The summed E-state index contributed by atoms with van der Waals surface area (Å²) in [6.45, 7) is 3.42. The lowest BCUT2D eigenvalue weighted by Gasteiger charge is -2.21. The van der Waals surface area contributed by atoms with E-state index in [0.717, 1.165) is 11.0 Å². The number of hydrogen-bond donors (Lipinski definition) is 1.